The quantitative estimate of drug-likeness (QED) is 0.872. The van der Waals surface area contributed by atoms with Crippen LogP contribution in [-0.2, 0) is 14.3 Å². The summed E-state index contributed by atoms with van der Waals surface area (Å²) >= 11 is 0. The summed E-state index contributed by atoms with van der Waals surface area (Å²) in [5.41, 5.74) is 2.05. The maximum atomic E-state index is 12.4. The molecule has 1 atom stereocenters. The van der Waals surface area contributed by atoms with Crippen molar-refractivity contribution in [3.63, 3.8) is 0 Å². The van der Waals surface area contributed by atoms with Crippen molar-refractivity contribution in [1.82, 2.24) is 10.2 Å². The second-order valence-corrected chi connectivity index (χ2v) is 6.48. The first kappa shape index (κ1) is 16.9. The fourth-order valence-corrected chi connectivity index (χ4v) is 3.27. The third-order valence-corrected chi connectivity index (χ3v) is 4.62. The average molecular weight is 331 g/mol. The second-order valence-electron chi connectivity index (χ2n) is 6.48. The topological polar surface area (TPSA) is 61.9 Å². The summed E-state index contributed by atoms with van der Waals surface area (Å²) in [7, 11) is 0. The Morgan fingerprint density at radius 2 is 2.17 bits per heavy atom. The normalized spacial score (nSPS) is 22.0. The fourth-order valence-electron chi connectivity index (χ4n) is 3.27. The molecule has 3 rings (SSSR count). The Labute approximate surface area is 142 Å². The molecular weight excluding hydrogens is 306 g/mol. The number of piperazine rings is 1. The van der Waals surface area contributed by atoms with Gasteiger partial charge in [0.05, 0.1) is 19.2 Å². The van der Waals surface area contributed by atoms with Gasteiger partial charge in [0.1, 0.15) is 0 Å². The Morgan fingerprint density at radius 1 is 1.33 bits per heavy atom. The van der Waals surface area contributed by atoms with Gasteiger partial charge in [-0.3, -0.25) is 14.5 Å². The molecule has 2 heterocycles. The van der Waals surface area contributed by atoms with E-state index < -0.39 is 0 Å². The predicted octanol–water partition coefficient (Wildman–Crippen LogP) is 0.939. The number of anilines is 1. The van der Waals surface area contributed by atoms with E-state index in [1.807, 2.05) is 41.0 Å². The summed E-state index contributed by atoms with van der Waals surface area (Å²) in [6.07, 6.45) is 2.22. The second kappa shape index (κ2) is 7.77. The number of ether oxygens (including phenoxy) is 1. The molecule has 1 aromatic rings. The third-order valence-electron chi connectivity index (χ3n) is 4.62. The highest BCUT2D eigenvalue weighted by Crippen LogP contribution is 2.21. The van der Waals surface area contributed by atoms with E-state index in [1.54, 1.807) is 0 Å². The number of nitrogens with one attached hydrogen (secondary N) is 1. The van der Waals surface area contributed by atoms with Crippen molar-refractivity contribution < 1.29 is 14.3 Å². The van der Waals surface area contributed by atoms with Crippen LogP contribution in [0.2, 0.25) is 0 Å². The van der Waals surface area contributed by atoms with Gasteiger partial charge in [0.15, 0.2) is 0 Å². The van der Waals surface area contributed by atoms with Crippen LogP contribution in [0.25, 0.3) is 0 Å². The number of para-hydroxylation sites is 1. The fraction of sp³-hybridized carbons (Fsp3) is 0.556. The third kappa shape index (κ3) is 4.13. The van der Waals surface area contributed by atoms with Gasteiger partial charge in [0, 0.05) is 31.9 Å². The van der Waals surface area contributed by atoms with Gasteiger partial charge in [0.2, 0.25) is 11.8 Å². The van der Waals surface area contributed by atoms with Gasteiger partial charge < -0.3 is 15.0 Å². The standard InChI is InChI=1S/C18H25N3O3/c1-14-5-2-3-7-16(14)21-9-8-20(13-18(21)23)12-17(22)19-11-15-6-4-10-24-15/h2-3,5,7,15H,4,6,8-13H2,1H3,(H,19,22). The molecule has 2 aliphatic rings. The molecule has 0 aromatic heterocycles. The van der Waals surface area contributed by atoms with Gasteiger partial charge in [-0.1, -0.05) is 18.2 Å². The number of hydrogen-bond acceptors (Lipinski definition) is 4. The number of carbonyl (C=O) groups excluding carboxylic acids is 2. The number of aryl methyl sites for hydroxylation is 1. The molecule has 130 valence electrons. The summed E-state index contributed by atoms with van der Waals surface area (Å²) in [5.74, 6) is 0.00474. The van der Waals surface area contributed by atoms with Crippen LogP contribution in [0.4, 0.5) is 5.69 Å². The van der Waals surface area contributed by atoms with Gasteiger partial charge >= 0.3 is 0 Å². The highest BCUT2D eigenvalue weighted by Gasteiger charge is 2.27. The summed E-state index contributed by atoms with van der Waals surface area (Å²) in [6.45, 7) is 5.22. The lowest BCUT2D eigenvalue weighted by atomic mass is 10.1. The molecule has 24 heavy (non-hydrogen) atoms. The Hall–Kier alpha value is -1.92. The molecule has 2 amide bonds. The molecule has 6 nitrogen and oxygen atoms in total. The molecule has 6 heteroatoms. The number of nitrogens with zero attached hydrogens (tertiary/aromatic N) is 2. The zero-order valence-corrected chi connectivity index (χ0v) is 14.2. The summed E-state index contributed by atoms with van der Waals surface area (Å²) in [5, 5.41) is 2.91. The monoisotopic (exact) mass is 331 g/mol. The molecule has 0 saturated carbocycles. The van der Waals surface area contributed by atoms with Crippen LogP contribution in [0.5, 0.6) is 0 Å². The number of hydrogen-bond donors (Lipinski definition) is 1. The SMILES string of the molecule is Cc1ccccc1N1CCN(CC(=O)NCC2CCCO2)CC1=O. The van der Waals surface area contributed by atoms with Gasteiger partial charge in [-0.05, 0) is 31.4 Å². The molecule has 1 N–H and O–H groups in total. The molecule has 1 unspecified atom stereocenters. The maximum absolute atomic E-state index is 12.4. The van der Waals surface area contributed by atoms with Gasteiger partial charge in [-0.25, -0.2) is 0 Å². The molecule has 1 aromatic carbocycles. The molecule has 2 saturated heterocycles. The van der Waals surface area contributed by atoms with E-state index in [0.717, 1.165) is 30.7 Å². The van der Waals surface area contributed by atoms with Crippen LogP contribution in [0.3, 0.4) is 0 Å². The largest absolute Gasteiger partial charge is 0.376 e. The Morgan fingerprint density at radius 3 is 2.88 bits per heavy atom. The van der Waals surface area contributed by atoms with Gasteiger partial charge in [0.25, 0.3) is 0 Å². The van der Waals surface area contributed by atoms with Crippen molar-refractivity contribution >= 4 is 17.5 Å². The first-order valence-corrected chi connectivity index (χ1v) is 8.60. The maximum Gasteiger partial charge on any atom is 0.241 e. The van der Waals surface area contributed by atoms with Crippen molar-refractivity contribution in [2.75, 3.05) is 44.2 Å². The molecular formula is C18H25N3O3. The van der Waals surface area contributed by atoms with Crippen LogP contribution in [0.1, 0.15) is 18.4 Å². The van der Waals surface area contributed by atoms with Crippen LogP contribution in [0, 0.1) is 6.92 Å². The highest BCUT2D eigenvalue weighted by molar-refractivity contribution is 5.96. The first-order valence-electron chi connectivity index (χ1n) is 8.60. The van der Waals surface area contributed by atoms with Crippen LogP contribution >= 0.6 is 0 Å². The van der Waals surface area contributed by atoms with E-state index >= 15 is 0 Å². The lowest BCUT2D eigenvalue weighted by Gasteiger charge is -2.34. The van der Waals surface area contributed by atoms with Crippen molar-refractivity contribution in [1.29, 1.82) is 0 Å². The van der Waals surface area contributed by atoms with Crippen molar-refractivity contribution in [3.8, 4) is 0 Å². The minimum Gasteiger partial charge on any atom is -0.376 e. The number of rotatable bonds is 5. The molecule has 0 radical (unpaired) electrons. The Bertz CT molecular complexity index is 599. The van der Waals surface area contributed by atoms with E-state index in [0.29, 0.717) is 19.6 Å². The van der Waals surface area contributed by atoms with E-state index in [-0.39, 0.29) is 31.0 Å². The van der Waals surface area contributed by atoms with Crippen molar-refractivity contribution in [2.45, 2.75) is 25.9 Å². The first-order chi connectivity index (χ1) is 11.6. The van der Waals surface area contributed by atoms with Crippen LogP contribution in [-0.4, -0.2) is 62.1 Å². The average Bonchev–Trinajstić information content (AvgIpc) is 3.08. The molecule has 0 bridgehead atoms. The van der Waals surface area contributed by atoms with E-state index in [4.69, 9.17) is 4.74 Å². The number of carbonyl (C=O) groups is 2. The molecule has 2 fully saturated rings. The van der Waals surface area contributed by atoms with Gasteiger partial charge in [-0.2, -0.15) is 0 Å². The predicted molar refractivity (Wildman–Crippen MR) is 92.0 cm³/mol. The van der Waals surface area contributed by atoms with E-state index in [2.05, 4.69) is 5.32 Å². The lowest BCUT2D eigenvalue weighted by Crippen LogP contribution is -2.53. The summed E-state index contributed by atoms with van der Waals surface area (Å²) in [6, 6.07) is 7.89. The zero-order chi connectivity index (χ0) is 16.9. The van der Waals surface area contributed by atoms with Crippen molar-refractivity contribution in [3.05, 3.63) is 29.8 Å². The summed E-state index contributed by atoms with van der Waals surface area (Å²) < 4.78 is 5.50. The smallest absolute Gasteiger partial charge is 0.241 e. The minimum absolute atomic E-state index is 0.0392. The number of amides is 2. The van der Waals surface area contributed by atoms with E-state index in [9.17, 15) is 9.59 Å². The Balaban J connectivity index is 1.47. The van der Waals surface area contributed by atoms with Crippen LogP contribution in [0.15, 0.2) is 24.3 Å². The summed E-state index contributed by atoms with van der Waals surface area (Å²) in [4.78, 5) is 28.2. The zero-order valence-electron chi connectivity index (χ0n) is 14.2. The van der Waals surface area contributed by atoms with E-state index in [1.165, 1.54) is 0 Å². The Kier molecular flexibility index (Phi) is 5.48. The van der Waals surface area contributed by atoms with Gasteiger partial charge in [-0.15, -0.1) is 0 Å². The molecule has 2 aliphatic heterocycles. The highest BCUT2D eigenvalue weighted by atomic mass is 16.5. The number of benzene rings is 1. The minimum atomic E-state index is -0.0392. The molecule has 0 spiro atoms. The lowest BCUT2D eigenvalue weighted by molar-refractivity contribution is -0.125. The van der Waals surface area contributed by atoms with Crippen molar-refractivity contribution in [2.24, 2.45) is 0 Å². The molecule has 0 aliphatic carbocycles. The van der Waals surface area contributed by atoms with Crippen LogP contribution < -0.4 is 10.2 Å².